The lowest BCUT2D eigenvalue weighted by Gasteiger charge is -2.52. The van der Waals surface area contributed by atoms with E-state index >= 15 is 0 Å². The average molecular weight is 537 g/mol. The maximum absolute atomic E-state index is 14.8. The van der Waals surface area contributed by atoms with E-state index in [2.05, 4.69) is 0 Å². The van der Waals surface area contributed by atoms with E-state index in [0.717, 1.165) is 11.1 Å². The molecule has 2 amide bonds. The van der Waals surface area contributed by atoms with Crippen LogP contribution in [0.5, 0.6) is 0 Å². The molecule has 1 saturated carbocycles. The Hall–Kier alpha value is -2.70. The molecule has 2 unspecified atom stereocenters. The fourth-order valence-electron chi connectivity index (χ4n) is 6.58. The number of carbonyl (C=O) groups is 2. The first-order valence-corrected chi connectivity index (χ1v) is 14.8. The normalized spacial score (nSPS) is 16.4. The molecule has 2 aromatic rings. The van der Waals surface area contributed by atoms with E-state index in [1.807, 2.05) is 88.4 Å². The quantitative estimate of drug-likeness (QED) is 0.221. The molecule has 2 atom stereocenters. The first-order chi connectivity index (χ1) is 18.6. The summed E-state index contributed by atoms with van der Waals surface area (Å²) >= 11 is 0. The zero-order valence-electron chi connectivity index (χ0n) is 24.2. The second kappa shape index (κ2) is 13.1. The second-order valence-electron chi connectivity index (χ2n) is 11.5. The third kappa shape index (κ3) is 6.38. The van der Waals surface area contributed by atoms with Crippen LogP contribution in [0.4, 0.5) is 0 Å². The number of primary amides is 1. The minimum absolute atomic E-state index is 0.376. The van der Waals surface area contributed by atoms with Crippen molar-refractivity contribution in [2.75, 3.05) is 0 Å². The van der Waals surface area contributed by atoms with Crippen molar-refractivity contribution >= 4 is 11.8 Å². The first kappa shape index (κ1) is 30.8. The predicted molar refractivity (Wildman–Crippen MR) is 156 cm³/mol. The Morgan fingerprint density at radius 2 is 1.08 bits per heavy atom. The Bertz CT molecular complexity index is 990. The van der Waals surface area contributed by atoms with Crippen molar-refractivity contribution in [2.45, 2.75) is 115 Å². The van der Waals surface area contributed by atoms with Gasteiger partial charge in [-0.25, -0.2) is 0 Å². The van der Waals surface area contributed by atoms with Crippen molar-refractivity contribution in [3.8, 4) is 0 Å². The van der Waals surface area contributed by atoms with Gasteiger partial charge in [0.25, 0.3) is 0 Å². The Morgan fingerprint density at radius 3 is 1.33 bits per heavy atom. The van der Waals surface area contributed by atoms with Crippen LogP contribution in [0.1, 0.15) is 115 Å². The highest BCUT2D eigenvalue weighted by molar-refractivity contribution is 6.07. The van der Waals surface area contributed by atoms with Gasteiger partial charge in [0.2, 0.25) is 11.8 Å². The lowest BCUT2D eigenvalue weighted by molar-refractivity contribution is -0.170. The molecule has 6 nitrogen and oxygen atoms in total. The van der Waals surface area contributed by atoms with Crippen LogP contribution < -0.4 is 5.73 Å². The molecule has 0 saturated heterocycles. The number of hydrogen-bond acceptors (Lipinski definition) is 4. The SMILES string of the molecule is CCCC(O)(CCC)C(c1ccccc1)N(C(=O)C1(C(N)=O)CC1)C(c1ccccc1)C(O)(CCC)CCC. The molecule has 0 bridgehead atoms. The minimum atomic E-state index is -1.32. The van der Waals surface area contributed by atoms with E-state index in [9.17, 15) is 19.8 Å². The van der Waals surface area contributed by atoms with Gasteiger partial charge in [-0.2, -0.15) is 0 Å². The van der Waals surface area contributed by atoms with Crippen LogP contribution in [0.2, 0.25) is 0 Å². The lowest BCUT2D eigenvalue weighted by atomic mass is 9.74. The summed E-state index contributed by atoms with van der Waals surface area (Å²) in [5, 5.41) is 25.0. The summed E-state index contributed by atoms with van der Waals surface area (Å²) < 4.78 is 0. The van der Waals surface area contributed by atoms with Crippen LogP contribution in [0, 0.1) is 5.41 Å². The van der Waals surface area contributed by atoms with Gasteiger partial charge >= 0.3 is 0 Å². The summed E-state index contributed by atoms with van der Waals surface area (Å²) in [4.78, 5) is 29.3. The Morgan fingerprint density at radius 1 is 0.744 bits per heavy atom. The standard InChI is InChI=1S/C33H48N2O4/c1-5-19-32(38,20-6-2)27(25-15-11-9-12-16-25)35(30(37)31(23-24-31)29(34)36)28(26-17-13-10-14-18-26)33(39,21-7-3)22-8-4/h9-18,27-28,38-39H,5-8,19-24H2,1-4H3,(H2,34,36). The van der Waals surface area contributed by atoms with Crippen LogP contribution in [0.3, 0.4) is 0 Å². The third-order valence-corrected chi connectivity index (χ3v) is 8.40. The van der Waals surface area contributed by atoms with Crippen LogP contribution in [0.15, 0.2) is 60.7 Å². The zero-order chi connectivity index (χ0) is 28.7. The van der Waals surface area contributed by atoms with Crippen molar-refractivity contribution in [3.63, 3.8) is 0 Å². The van der Waals surface area contributed by atoms with Gasteiger partial charge in [-0.15, -0.1) is 0 Å². The monoisotopic (exact) mass is 536 g/mol. The molecular weight excluding hydrogens is 488 g/mol. The highest BCUT2D eigenvalue weighted by atomic mass is 16.3. The van der Waals surface area contributed by atoms with E-state index in [1.165, 1.54) is 0 Å². The van der Waals surface area contributed by atoms with Crippen LogP contribution in [-0.4, -0.2) is 38.1 Å². The van der Waals surface area contributed by atoms with E-state index in [4.69, 9.17) is 5.73 Å². The van der Waals surface area contributed by atoms with E-state index in [-0.39, 0.29) is 0 Å². The molecular formula is C33H48N2O4. The third-order valence-electron chi connectivity index (χ3n) is 8.40. The Labute approximate surface area is 234 Å². The maximum atomic E-state index is 14.8. The highest BCUT2D eigenvalue weighted by Gasteiger charge is 2.61. The fraction of sp³-hybridized carbons (Fsp3) is 0.576. The van der Waals surface area contributed by atoms with Crippen molar-refractivity contribution in [2.24, 2.45) is 11.1 Å². The highest BCUT2D eigenvalue weighted by Crippen LogP contribution is 2.54. The molecule has 0 aliphatic heterocycles. The summed E-state index contributed by atoms with van der Waals surface area (Å²) in [6, 6.07) is 17.6. The summed E-state index contributed by atoms with van der Waals surface area (Å²) in [7, 11) is 0. The second-order valence-corrected chi connectivity index (χ2v) is 11.5. The van der Waals surface area contributed by atoms with Crippen LogP contribution in [0.25, 0.3) is 0 Å². The number of rotatable bonds is 16. The number of carbonyl (C=O) groups excluding carboxylic acids is 2. The Balaban J connectivity index is 2.42. The van der Waals surface area contributed by atoms with E-state index < -0.39 is 40.5 Å². The van der Waals surface area contributed by atoms with Gasteiger partial charge in [-0.05, 0) is 49.7 Å². The van der Waals surface area contributed by atoms with Gasteiger partial charge in [0.1, 0.15) is 5.41 Å². The summed E-state index contributed by atoms with van der Waals surface area (Å²) in [6.07, 6.45) is 5.48. The van der Waals surface area contributed by atoms with Gasteiger partial charge < -0.3 is 20.8 Å². The molecule has 0 aromatic heterocycles. The van der Waals surface area contributed by atoms with Gasteiger partial charge in [0.05, 0.1) is 23.3 Å². The number of nitrogens with two attached hydrogens (primary N) is 1. The molecule has 6 heteroatoms. The largest absolute Gasteiger partial charge is 0.387 e. The summed E-state index contributed by atoms with van der Waals surface area (Å²) in [5.41, 5.74) is 3.58. The van der Waals surface area contributed by atoms with Gasteiger partial charge in [0.15, 0.2) is 0 Å². The molecule has 39 heavy (non-hydrogen) atoms. The number of benzene rings is 2. The molecule has 3 rings (SSSR count). The summed E-state index contributed by atoms with van der Waals surface area (Å²) in [6.45, 7) is 8.11. The lowest BCUT2D eigenvalue weighted by Crippen LogP contribution is -2.58. The fourth-order valence-corrected chi connectivity index (χ4v) is 6.58. The molecule has 0 spiro atoms. The molecule has 0 radical (unpaired) electrons. The average Bonchev–Trinajstić information content (AvgIpc) is 3.72. The van der Waals surface area contributed by atoms with Gasteiger partial charge in [-0.1, -0.05) is 114 Å². The number of amides is 2. The topological polar surface area (TPSA) is 104 Å². The van der Waals surface area contributed by atoms with Crippen molar-refractivity contribution < 1.29 is 19.8 Å². The molecule has 1 aliphatic carbocycles. The molecule has 1 aliphatic rings. The van der Waals surface area contributed by atoms with Crippen molar-refractivity contribution in [3.05, 3.63) is 71.8 Å². The smallest absolute Gasteiger partial charge is 0.239 e. The minimum Gasteiger partial charge on any atom is -0.387 e. The summed E-state index contributed by atoms with van der Waals surface area (Å²) in [5.74, 6) is -1.03. The van der Waals surface area contributed by atoms with E-state index in [1.54, 1.807) is 4.90 Å². The van der Waals surface area contributed by atoms with Gasteiger partial charge in [0, 0.05) is 0 Å². The number of nitrogens with zero attached hydrogens (tertiary/aromatic N) is 1. The molecule has 1 fully saturated rings. The first-order valence-electron chi connectivity index (χ1n) is 14.8. The maximum Gasteiger partial charge on any atom is 0.239 e. The van der Waals surface area contributed by atoms with Crippen molar-refractivity contribution in [1.82, 2.24) is 4.90 Å². The Kier molecular flexibility index (Phi) is 10.4. The molecule has 0 heterocycles. The molecule has 4 N–H and O–H groups in total. The predicted octanol–water partition coefficient (Wildman–Crippen LogP) is 6.23. The van der Waals surface area contributed by atoms with Crippen LogP contribution in [-0.2, 0) is 9.59 Å². The number of hydrogen-bond donors (Lipinski definition) is 3. The van der Waals surface area contributed by atoms with Gasteiger partial charge in [-0.3, -0.25) is 9.59 Å². The van der Waals surface area contributed by atoms with Crippen molar-refractivity contribution in [1.29, 1.82) is 0 Å². The van der Waals surface area contributed by atoms with E-state index in [0.29, 0.717) is 64.2 Å². The zero-order valence-corrected chi connectivity index (χ0v) is 24.2. The van der Waals surface area contributed by atoms with Crippen LogP contribution >= 0.6 is 0 Å². The molecule has 2 aromatic carbocycles. The molecule has 214 valence electrons. The number of aliphatic hydroxyl groups is 2.